The van der Waals surface area contributed by atoms with Crippen molar-refractivity contribution in [3.8, 4) is 0 Å². The lowest BCUT2D eigenvalue weighted by atomic mass is 10.2. The molecule has 0 aliphatic heterocycles. The lowest BCUT2D eigenvalue weighted by molar-refractivity contribution is -0.126. The molecule has 116 valence electrons. The molecule has 0 aliphatic carbocycles. The van der Waals surface area contributed by atoms with Crippen LogP contribution >= 0.6 is 11.6 Å². The molecule has 0 saturated heterocycles. The number of hydrogen-bond donors (Lipinski definition) is 2. The van der Waals surface area contributed by atoms with Gasteiger partial charge in [-0.15, -0.1) is 0 Å². The van der Waals surface area contributed by atoms with Crippen LogP contribution in [-0.4, -0.2) is 38.3 Å². The van der Waals surface area contributed by atoms with Gasteiger partial charge in [-0.25, -0.2) is 4.79 Å². The molecule has 0 aliphatic rings. The molecule has 0 unspecified atom stereocenters. The standard InChI is InChI=1S/C12H12ClF3N2O3/c1-21-11(20)7-2-3-8(13)9(4-7)18-10(19)5-17-6-12(14,15)16/h2-4,17H,5-6H2,1H3,(H,18,19). The van der Waals surface area contributed by atoms with Crippen molar-refractivity contribution in [2.24, 2.45) is 0 Å². The van der Waals surface area contributed by atoms with Crippen LogP contribution in [0.2, 0.25) is 5.02 Å². The Morgan fingerprint density at radius 3 is 2.57 bits per heavy atom. The fourth-order valence-electron chi connectivity index (χ4n) is 1.38. The number of alkyl halides is 3. The van der Waals surface area contributed by atoms with Crippen LogP contribution in [0, 0.1) is 0 Å². The summed E-state index contributed by atoms with van der Waals surface area (Å²) in [6, 6.07) is 4.04. The Balaban J connectivity index is 2.65. The molecule has 0 bridgehead atoms. The molecule has 0 radical (unpaired) electrons. The molecular formula is C12H12ClF3N2O3. The molecule has 5 nitrogen and oxygen atoms in total. The number of nitrogens with one attached hydrogen (secondary N) is 2. The quantitative estimate of drug-likeness (QED) is 0.815. The number of amides is 1. The van der Waals surface area contributed by atoms with Crippen molar-refractivity contribution in [2.75, 3.05) is 25.5 Å². The van der Waals surface area contributed by atoms with Gasteiger partial charge in [0.05, 0.1) is 36.5 Å². The highest BCUT2D eigenvalue weighted by Gasteiger charge is 2.26. The number of halogens is 4. The summed E-state index contributed by atoms with van der Waals surface area (Å²) in [6.45, 7) is -1.82. The predicted octanol–water partition coefficient (Wildman–Crippen LogP) is 2.22. The maximum atomic E-state index is 11.9. The number of hydrogen-bond acceptors (Lipinski definition) is 4. The Kier molecular flexibility index (Phi) is 5.98. The Hall–Kier alpha value is -1.80. The first kappa shape index (κ1) is 17.3. The first-order valence-electron chi connectivity index (χ1n) is 5.68. The summed E-state index contributed by atoms with van der Waals surface area (Å²) >= 11 is 5.83. The number of carbonyl (C=O) groups excluding carboxylic acids is 2. The number of carbonyl (C=O) groups is 2. The summed E-state index contributed by atoms with van der Waals surface area (Å²) in [7, 11) is 1.19. The zero-order chi connectivity index (χ0) is 16.0. The minimum absolute atomic E-state index is 0.110. The summed E-state index contributed by atoms with van der Waals surface area (Å²) in [5.41, 5.74) is 0.263. The SMILES string of the molecule is COC(=O)c1ccc(Cl)c(NC(=O)CNCC(F)(F)F)c1. The Bertz CT molecular complexity index is 535. The van der Waals surface area contributed by atoms with Gasteiger partial charge >= 0.3 is 12.1 Å². The maximum Gasteiger partial charge on any atom is 0.401 e. The third-order valence-electron chi connectivity index (χ3n) is 2.27. The first-order valence-corrected chi connectivity index (χ1v) is 6.06. The van der Waals surface area contributed by atoms with Crippen molar-refractivity contribution < 1.29 is 27.5 Å². The molecule has 1 rings (SSSR count). The zero-order valence-electron chi connectivity index (χ0n) is 10.9. The maximum absolute atomic E-state index is 11.9. The van der Waals surface area contributed by atoms with Gasteiger partial charge in [-0.1, -0.05) is 11.6 Å². The molecule has 0 heterocycles. The molecule has 1 aromatic carbocycles. The number of rotatable bonds is 5. The zero-order valence-corrected chi connectivity index (χ0v) is 11.6. The fraction of sp³-hybridized carbons (Fsp3) is 0.333. The topological polar surface area (TPSA) is 67.4 Å². The van der Waals surface area contributed by atoms with Gasteiger partial charge in [0, 0.05) is 0 Å². The largest absolute Gasteiger partial charge is 0.465 e. The molecular weight excluding hydrogens is 313 g/mol. The van der Waals surface area contributed by atoms with Gasteiger partial charge in [-0.2, -0.15) is 13.2 Å². The van der Waals surface area contributed by atoms with Gasteiger partial charge in [-0.3, -0.25) is 4.79 Å². The van der Waals surface area contributed by atoms with E-state index in [9.17, 15) is 22.8 Å². The van der Waals surface area contributed by atoms with Gasteiger partial charge in [0.2, 0.25) is 5.91 Å². The monoisotopic (exact) mass is 324 g/mol. The average molecular weight is 325 g/mol. The molecule has 1 aromatic rings. The summed E-state index contributed by atoms with van der Waals surface area (Å²) in [6.07, 6.45) is -4.40. The smallest absolute Gasteiger partial charge is 0.401 e. The highest BCUT2D eigenvalue weighted by Crippen LogP contribution is 2.23. The second-order valence-electron chi connectivity index (χ2n) is 3.95. The molecule has 0 fully saturated rings. The van der Waals surface area contributed by atoms with Gasteiger partial charge in [0.25, 0.3) is 0 Å². The Morgan fingerprint density at radius 1 is 1.33 bits per heavy atom. The van der Waals surface area contributed by atoms with E-state index in [1.165, 1.54) is 25.3 Å². The summed E-state index contributed by atoms with van der Waals surface area (Å²) in [4.78, 5) is 22.8. The highest BCUT2D eigenvalue weighted by molar-refractivity contribution is 6.33. The van der Waals surface area contributed by atoms with Crippen LogP contribution in [-0.2, 0) is 9.53 Å². The first-order chi connectivity index (χ1) is 9.73. The summed E-state index contributed by atoms with van der Waals surface area (Å²) in [5.74, 6) is -1.35. The summed E-state index contributed by atoms with van der Waals surface area (Å²) in [5, 5.41) is 4.39. The third-order valence-corrected chi connectivity index (χ3v) is 2.60. The number of ether oxygens (including phenoxy) is 1. The number of benzene rings is 1. The van der Waals surface area contributed by atoms with E-state index >= 15 is 0 Å². The molecule has 0 spiro atoms. The van der Waals surface area contributed by atoms with Crippen molar-refractivity contribution in [3.63, 3.8) is 0 Å². The van der Waals surface area contributed by atoms with E-state index in [1.807, 2.05) is 5.32 Å². The lowest BCUT2D eigenvalue weighted by Crippen LogP contribution is -2.35. The van der Waals surface area contributed by atoms with Crippen molar-refractivity contribution >= 4 is 29.2 Å². The minimum Gasteiger partial charge on any atom is -0.465 e. The molecule has 21 heavy (non-hydrogen) atoms. The number of esters is 1. The van der Waals surface area contributed by atoms with E-state index in [0.717, 1.165) is 0 Å². The van der Waals surface area contributed by atoms with E-state index in [4.69, 9.17) is 11.6 Å². The van der Waals surface area contributed by atoms with Crippen molar-refractivity contribution in [3.05, 3.63) is 28.8 Å². The fourth-order valence-corrected chi connectivity index (χ4v) is 1.54. The highest BCUT2D eigenvalue weighted by atomic mass is 35.5. The lowest BCUT2D eigenvalue weighted by Gasteiger charge is -2.10. The molecule has 2 N–H and O–H groups in total. The van der Waals surface area contributed by atoms with Gasteiger partial charge in [0.15, 0.2) is 0 Å². The van der Waals surface area contributed by atoms with Crippen LogP contribution in [0.25, 0.3) is 0 Å². The molecule has 0 saturated carbocycles. The normalized spacial score (nSPS) is 11.1. The van der Waals surface area contributed by atoms with E-state index in [2.05, 4.69) is 10.1 Å². The second kappa shape index (κ2) is 7.28. The number of methoxy groups -OCH3 is 1. The molecule has 1 amide bonds. The Morgan fingerprint density at radius 2 is 2.00 bits per heavy atom. The van der Waals surface area contributed by atoms with E-state index in [0.29, 0.717) is 0 Å². The van der Waals surface area contributed by atoms with Crippen LogP contribution < -0.4 is 10.6 Å². The van der Waals surface area contributed by atoms with Crippen LogP contribution in [0.4, 0.5) is 18.9 Å². The predicted molar refractivity (Wildman–Crippen MR) is 70.3 cm³/mol. The second-order valence-corrected chi connectivity index (χ2v) is 4.36. The van der Waals surface area contributed by atoms with E-state index in [1.54, 1.807) is 0 Å². The van der Waals surface area contributed by atoms with Crippen molar-refractivity contribution in [2.45, 2.75) is 6.18 Å². The van der Waals surface area contributed by atoms with Crippen molar-refractivity contribution in [1.29, 1.82) is 0 Å². The average Bonchev–Trinajstić information content (AvgIpc) is 2.39. The van der Waals surface area contributed by atoms with Gasteiger partial charge < -0.3 is 15.4 Å². The summed E-state index contributed by atoms with van der Waals surface area (Å²) < 4.78 is 40.2. The molecule has 0 atom stereocenters. The van der Waals surface area contributed by atoms with Gasteiger partial charge in [-0.05, 0) is 18.2 Å². The van der Waals surface area contributed by atoms with Crippen LogP contribution in [0.15, 0.2) is 18.2 Å². The molecule has 0 aromatic heterocycles. The van der Waals surface area contributed by atoms with E-state index in [-0.39, 0.29) is 16.3 Å². The number of anilines is 1. The van der Waals surface area contributed by atoms with Crippen LogP contribution in [0.3, 0.4) is 0 Å². The van der Waals surface area contributed by atoms with Crippen LogP contribution in [0.5, 0.6) is 0 Å². The minimum atomic E-state index is -4.40. The molecule has 9 heteroatoms. The van der Waals surface area contributed by atoms with Crippen LogP contribution in [0.1, 0.15) is 10.4 Å². The van der Waals surface area contributed by atoms with Crippen molar-refractivity contribution in [1.82, 2.24) is 5.32 Å². The Labute approximate surface area is 123 Å². The van der Waals surface area contributed by atoms with Gasteiger partial charge in [0.1, 0.15) is 0 Å². The third kappa shape index (κ3) is 6.01. The van der Waals surface area contributed by atoms with E-state index < -0.39 is 31.1 Å².